The number of rotatable bonds is 4. The number of nitrogens with one attached hydrogen (secondary N) is 1. The Labute approximate surface area is 41.3 Å². The SMILES string of the molecule is CCONOC=O. The van der Waals surface area contributed by atoms with Gasteiger partial charge in [0.25, 0.3) is 0 Å². The van der Waals surface area contributed by atoms with E-state index in [0.717, 1.165) is 0 Å². The van der Waals surface area contributed by atoms with Gasteiger partial charge in [-0.25, -0.2) is 0 Å². The maximum Gasteiger partial charge on any atom is 0.315 e. The van der Waals surface area contributed by atoms with Gasteiger partial charge in [0, 0.05) is 0 Å². The van der Waals surface area contributed by atoms with Gasteiger partial charge >= 0.3 is 6.47 Å². The molecule has 0 spiro atoms. The molecule has 0 atom stereocenters. The number of carbonyl (C=O) groups excluding carboxylic acids is 1. The van der Waals surface area contributed by atoms with E-state index in [0.29, 0.717) is 6.61 Å². The van der Waals surface area contributed by atoms with Gasteiger partial charge < -0.3 is 4.84 Å². The average molecular weight is 105 g/mol. The largest absolute Gasteiger partial charge is 0.348 e. The molecule has 0 bridgehead atoms. The molecule has 4 nitrogen and oxygen atoms in total. The summed E-state index contributed by atoms with van der Waals surface area (Å²) in [6, 6.07) is 0. The molecular weight excluding hydrogens is 98.0 g/mol. The standard InChI is InChI=1S/C3H7NO3/c1-2-6-4-7-3-5/h3-4H,2H2,1H3. The zero-order valence-electron chi connectivity index (χ0n) is 4.01. The van der Waals surface area contributed by atoms with Crippen LogP contribution in [-0.2, 0) is 14.5 Å². The Balaban J connectivity index is 2.56. The molecule has 0 aromatic rings. The van der Waals surface area contributed by atoms with Crippen LogP contribution in [0.15, 0.2) is 0 Å². The lowest BCUT2D eigenvalue weighted by Gasteiger charge is -1.94. The van der Waals surface area contributed by atoms with E-state index in [1.807, 2.05) is 5.64 Å². The molecule has 42 valence electrons. The van der Waals surface area contributed by atoms with Gasteiger partial charge in [-0.05, 0) is 12.6 Å². The van der Waals surface area contributed by atoms with E-state index in [9.17, 15) is 4.79 Å². The van der Waals surface area contributed by atoms with Crippen molar-refractivity contribution in [1.29, 1.82) is 0 Å². The molecule has 7 heavy (non-hydrogen) atoms. The monoisotopic (exact) mass is 105 g/mol. The Morgan fingerprint density at radius 3 is 3.00 bits per heavy atom. The van der Waals surface area contributed by atoms with Gasteiger partial charge in [0.05, 0.1) is 6.61 Å². The minimum atomic E-state index is 0.246. The van der Waals surface area contributed by atoms with E-state index in [4.69, 9.17) is 0 Å². The minimum Gasteiger partial charge on any atom is -0.348 e. The van der Waals surface area contributed by atoms with Gasteiger partial charge in [-0.2, -0.15) is 0 Å². The third-order valence-electron chi connectivity index (χ3n) is 0.299. The molecule has 0 amide bonds. The van der Waals surface area contributed by atoms with Gasteiger partial charge in [0.2, 0.25) is 0 Å². The second kappa shape index (κ2) is 5.39. The highest BCUT2D eigenvalue weighted by Crippen LogP contribution is 1.59. The molecule has 0 radical (unpaired) electrons. The van der Waals surface area contributed by atoms with E-state index in [1.165, 1.54) is 0 Å². The molecule has 0 unspecified atom stereocenters. The van der Waals surface area contributed by atoms with E-state index < -0.39 is 0 Å². The number of carbonyl (C=O) groups is 1. The van der Waals surface area contributed by atoms with Gasteiger partial charge in [-0.15, -0.1) is 0 Å². The summed E-state index contributed by atoms with van der Waals surface area (Å²) in [5.74, 6) is 0. The third-order valence-corrected chi connectivity index (χ3v) is 0.299. The van der Waals surface area contributed by atoms with Crippen molar-refractivity contribution in [3.8, 4) is 0 Å². The predicted molar refractivity (Wildman–Crippen MR) is 21.9 cm³/mol. The van der Waals surface area contributed by atoms with Crippen molar-refractivity contribution in [2.75, 3.05) is 6.61 Å². The second-order valence-electron chi connectivity index (χ2n) is 0.730. The van der Waals surface area contributed by atoms with E-state index in [-0.39, 0.29) is 6.47 Å². The van der Waals surface area contributed by atoms with E-state index in [1.54, 1.807) is 6.92 Å². The summed E-state index contributed by atoms with van der Waals surface area (Å²) in [7, 11) is 0. The van der Waals surface area contributed by atoms with Crippen LogP contribution >= 0.6 is 0 Å². The predicted octanol–water partition coefficient (Wildman–Crippen LogP) is -0.385. The fourth-order valence-corrected chi connectivity index (χ4v) is 0.113. The molecule has 0 fully saturated rings. The number of hydrogen-bond acceptors (Lipinski definition) is 4. The molecule has 0 aromatic heterocycles. The maximum absolute atomic E-state index is 9.31. The van der Waals surface area contributed by atoms with E-state index >= 15 is 0 Å². The van der Waals surface area contributed by atoms with Crippen molar-refractivity contribution in [1.82, 2.24) is 5.64 Å². The van der Waals surface area contributed by atoms with Crippen molar-refractivity contribution >= 4 is 6.47 Å². The molecular formula is C3H7NO3. The van der Waals surface area contributed by atoms with Crippen LogP contribution in [-0.4, -0.2) is 13.1 Å². The van der Waals surface area contributed by atoms with Crippen LogP contribution < -0.4 is 5.64 Å². The minimum absolute atomic E-state index is 0.246. The summed E-state index contributed by atoms with van der Waals surface area (Å²) < 4.78 is 0. The average Bonchev–Trinajstić information content (AvgIpc) is 1.69. The lowest BCUT2D eigenvalue weighted by molar-refractivity contribution is -0.175. The molecule has 0 aliphatic heterocycles. The molecule has 0 saturated carbocycles. The van der Waals surface area contributed by atoms with Crippen LogP contribution in [0.25, 0.3) is 0 Å². The summed E-state index contributed by atoms with van der Waals surface area (Å²) in [6.07, 6.45) is 0. The first kappa shape index (κ1) is 6.39. The van der Waals surface area contributed by atoms with Crippen molar-refractivity contribution in [2.24, 2.45) is 0 Å². The third kappa shape index (κ3) is 5.39. The van der Waals surface area contributed by atoms with Gasteiger partial charge in [0.1, 0.15) is 0 Å². The normalized spacial score (nSPS) is 8.14. The molecule has 0 aliphatic rings. The van der Waals surface area contributed by atoms with Crippen molar-refractivity contribution in [3.63, 3.8) is 0 Å². The van der Waals surface area contributed by atoms with Crippen molar-refractivity contribution in [2.45, 2.75) is 6.92 Å². The summed E-state index contributed by atoms with van der Waals surface area (Å²) in [6.45, 7) is 2.48. The second-order valence-corrected chi connectivity index (χ2v) is 0.730. The summed E-state index contributed by atoms with van der Waals surface area (Å²) in [4.78, 5) is 17.6. The summed E-state index contributed by atoms with van der Waals surface area (Å²) in [5, 5.41) is 0. The Kier molecular flexibility index (Phi) is 4.92. The van der Waals surface area contributed by atoms with Crippen LogP contribution in [0.2, 0.25) is 0 Å². The molecule has 0 heterocycles. The van der Waals surface area contributed by atoms with Crippen LogP contribution in [0.5, 0.6) is 0 Å². The highest BCUT2D eigenvalue weighted by molar-refractivity contribution is 5.36. The van der Waals surface area contributed by atoms with Crippen molar-refractivity contribution < 1.29 is 14.5 Å². The molecule has 0 saturated heterocycles. The van der Waals surface area contributed by atoms with Gasteiger partial charge in [-0.1, -0.05) is 0 Å². The first-order valence-electron chi connectivity index (χ1n) is 1.88. The molecule has 0 aliphatic carbocycles. The van der Waals surface area contributed by atoms with E-state index in [2.05, 4.69) is 9.68 Å². The lowest BCUT2D eigenvalue weighted by Crippen LogP contribution is -2.13. The zero-order chi connectivity index (χ0) is 5.54. The Bertz CT molecular complexity index is 47.4. The smallest absolute Gasteiger partial charge is 0.315 e. The maximum atomic E-state index is 9.31. The Morgan fingerprint density at radius 1 is 1.86 bits per heavy atom. The highest BCUT2D eigenvalue weighted by atomic mass is 16.9. The van der Waals surface area contributed by atoms with Crippen LogP contribution in [0.1, 0.15) is 6.92 Å². The fraction of sp³-hybridized carbons (Fsp3) is 0.667. The zero-order valence-corrected chi connectivity index (χ0v) is 4.01. The molecule has 0 aromatic carbocycles. The quantitative estimate of drug-likeness (QED) is 0.300. The van der Waals surface area contributed by atoms with Gasteiger partial charge in [0.15, 0.2) is 0 Å². The molecule has 1 N–H and O–H groups in total. The highest BCUT2D eigenvalue weighted by Gasteiger charge is 1.73. The van der Waals surface area contributed by atoms with Gasteiger partial charge in [-0.3, -0.25) is 9.63 Å². The number of hydrogen-bond donors (Lipinski definition) is 1. The Hall–Kier alpha value is -0.610. The first-order chi connectivity index (χ1) is 3.41. The lowest BCUT2D eigenvalue weighted by atomic mass is 10.9. The van der Waals surface area contributed by atoms with Crippen LogP contribution in [0.3, 0.4) is 0 Å². The summed E-state index contributed by atoms with van der Waals surface area (Å²) >= 11 is 0. The topological polar surface area (TPSA) is 47.6 Å². The molecule has 0 rings (SSSR count). The van der Waals surface area contributed by atoms with Crippen LogP contribution in [0.4, 0.5) is 0 Å². The molecule has 4 heteroatoms. The van der Waals surface area contributed by atoms with Crippen molar-refractivity contribution in [3.05, 3.63) is 0 Å². The fourth-order valence-electron chi connectivity index (χ4n) is 0.113. The summed E-state index contributed by atoms with van der Waals surface area (Å²) in [5.41, 5.74) is 1.92. The Morgan fingerprint density at radius 2 is 2.57 bits per heavy atom. The first-order valence-corrected chi connectivity index (χ1v) is 1.88. The van der Waals surface area contributed by atoms with Crippen LogP contribution in [0, 0.1) is 0 Å².